The number of hydrogen-bond donors (Lipinski definition) is 2. The maximum absolute atomic E-state index is 10.9. The van der Waals surface area contributed by atoms with Crippen molar-refractivity contribution in [2.45, 2.75) is 26.2 Å². The first-order chi connectivity index (χ1) is 9.77. The second kappa shape index (κ2) is 5.48. The smallest absolute Gasteiger partial charge is 0.337 e. The number of ether oxygens (including phenoxy) is 1. The Bertz CT molecular complexity index is 655. The summed E-state index contributed by atoms with van der Waals surface area (Å²) in [6.07, 6.45) is 0. The minimum absolute atomic E-state index is 0.0745. The number of benzene rings is 2. The van der Waals surface area contributed by atoms with Crippen LogP contribution >= 0.6 is 0 Å². The third kappa shape index (κ3) is 3.54. The molecule has 0 heterocycles. The molecule has 4 nitrogen and oxygen atoms in total. The first kappa shape index (κ1) is 14.9. The highest BCUT2D eigenvalue weighted by Crippen LogP contribution is 2.28. The fourth-order valence-electron chi connectivity index (χ4n) is 1.96. The van der Waals surface area contributed by atoms with Crippen molar-refractivity contribution in [2.24, 2.45) is 0 Å². The van der Waals surface area contributed by atoms with E-state index in [9.17, 15) is 4.79 Å². The second-order valence-corrected chi connectivity index (χ2v) is 5.93. The lowest BCUT2D eigenvalue weighted by atomic mass is 9.87. The average Bonchev–Trinajstić information content (AvgIpc) is 2.38. The number of nitrogens with two attached hydrogens (primary N) is 1. The molecule has 3 N–H and O–H groups in total. The molecule has 0 aliphatic carbocycles. The summed E-state index contributed by atoms with van der Waals surface area (Å²) in [5, 5.41) is 8.93. The normalized spacial score (nSPS) is 11.2. The molecular formula is C17H19NO3. The van der Waals surface area contributed by atoms with Crippen LogP contribution in [0.1, 0.15) is 36.7 Å². The topological polar surface area (TPSA) is 72.5 Å². The van der Waals surface area contributed by atoms with E-state index < -0.39 is 5.97 Å². The van der Waals surface area contributed by atoms with Crippen molar-refractivity contribution in [1.82, 2.24) is 0 Å². The first-order valence-corrected chi connectivity index (χ1v) is 6.68. The monoisotopic (exact) mass is 285 g/mol. The summed E-state index contributed by atoms with van der Waals surface area (Å²) < 4.78 is 5.69. The zero-order valence-corrected chi connectivity index (χ0v) is 12.4. The molecule has 0 spiro atoms. The largest absolute Gasteiger partial charge is 0.478 e. The van der Waals surface area contributed by atoms with E-state index in [-0.39, 0.29) is 16.7 Å². The molecule has 21 heavy (non-hydrogen) atoms. The van der Waals surface area contributed by atoms with Crippen LogP contribution in [-0.4, -0.2) is 11.1 Å². The van der Waals surface area contributed by atoms with Crippen molar-refractivity contribution < 1.29 is 14.6 Å². The number of carboxylic acids is 1. The first-order valence-electron chi connectivity index (χ1n) is 6.68. The highest BCUT2D eigenvalue weighted by molar-refractivity contribution is 5.93. The van der Waals surface area contributed by atoms with Gasteiger partial charge in [-0.2, -0.15) is 0 Å². The van der Waals surface area contributed by atoms with E-state index in [1.165, 1.54) is 17.7 Å². The molecule has 0 atom stereocenters. The summed E-state index contributed by atoms with van der Waals surface area (Å²) in [6, 6.07) is 12.4. The van der Waals surface area contributed by atoms with Crippen molar-refractivity contribution in [3.8, 4) is 11.5 Å². The molecule has 0 fully saturated rings. The molecule has 2 rings (SSSR count). The lowest BCUT2D eigenvalue weighted by molar-refractivity contribution is 0.0698. The van der Waals surface area contributed by atoms with Crippen LogP contribution in [-0.2, 0) is 5.41 Å². The van der Waals surface area contributed by atoms with Gasteiger partial charge in [0.15, 0.2) is 0 Å². The molecule has 0 bridgehead atoms. The Morgan fingerprint density at radius 1 is 1.05 bits per heavy atom. The predicted octanol–water partition coefficient (Wildman–Crippen LogP) is 4.06. The van der Waals surface area contributed by atoms with Gasteiger partial charge in [0, 0.05) is 11.8 Å². The lowest BCUT2D eigenvalue weighted by Gasteiger charge is -2.19. The maximum Gasteiger partial charge on any atom is 0.337 e. The number of carboxylic acid groups (broad SMARTS) is 1. The van der Waals surface area contributed by atoms with Crippen LogP contribution < -0.4 is 10.5 Å². The molecule has 0 saturated heterocycles. The van der Waals surface area contributed by atoms with Crippen LogP contribution in [0.25, 0.3) is 0 Å². The standard InChI is InChI=1S/C17H19NO3/c1-17(2,3)11-4-6-12(7-5-11)21-13-8-9-14(16(19)20)15(18)10-13/h4-10H,18H2,1-3H3,(H,19,20). The van der Waals surface area contributed by atoms with Gasteiger partial charge in [-0.1, -0.05) is 32.9 Å². The van der Waals surface area contributed by atoms with Gasteiger partial charge in [-0.15, -0.1) is 0 Å². The quantitative estimate of drug-likeness (QED) is 0.834. The Labute approximate surface area is 124 Å². The molecule has 0 amide bonds. The maximum atomic E-state index is 10.9. The van der Waals surface area contributed by atoms with Crippen LogP contribution in [0, 0.1) is 0 Å². The molecule has 0 saturated carbocycles. The van der Waals surface area contributed by atoms with E-state index in [1.54, 1.807) is 6.07 Å². The number of hydrogen-bond acceptors (Lipinski definition) is 3. The summed E-state index contributed by atoms with van der Waals surface area (Å²) in [6.45, 7) is 6.44. The number of anilines is 1. The number of rotatable bonds is 3. The number of aromatic carboxylic acids is 1. The SMILES string of the molecule is CC(C)(C)c1ccc(Oc2ccc(C(=O)O)c(N)c2)cc1. The van der Waals surface area contributed by atoms with Crippen molar-refractivity contribution in [3.05, 3.63) is 53.6 Å². The van der Waals surface area contributed by atoms with Crippen LogP contribution in [0.2, 0.25) is 0 Å². The summed E-state index contributed by atoms with van der Waals surface area (Å²) in [4.78, 5) is 10.9. The highest BCUT2D eigenvalue weighted by Gasteiger charge is 2.13. The summed E-state index contributed by atoms with van der Waals surface area (Å²) >= 11 is 0. The zero-order valence-electron chi connectivity index (χ0n) is 12.4. The number of carbonyl (C=O) groups is 1. The van der Waals surface area contributed by atoms with Crippen molar-refractivity contribution in [2.75, 3.05) is 5.73 Å². The second-order valence-electron chi connectivity index (χ2n) is 5.93. The summed E-state index contributed by atoms with van der Waals surface area (Å²) in [7, 11) is 0. The Morgan fingerprint density at radius 2 is 1.62 bits per heavy atom. The Balaban J connectivity index is 2.19. The minimum atomic E-state index is -1.05. The Kier molecular flexibility index (Phi) is 3.89. The van der Waals surface area contributed by atoms with E-state index in [0.717, 1.165) is 0 Å². The molecule has 0 aliphatic rings. The molecule has 0 aromatic heterocycles. The minimum Gasteiger partial charge on any atom is -0.478 e. The van der Waals surface area contributed by atoms with Gasteiger partial charge in [-0.25, -0.2) is 4.79 Å². The van der Waals surface area contributed by atoms with Gasteiger partial charge in [0.2, 0.25) is 0 Å². The van der Waals surface area contributed by atoms with Gasteiger partial charge in [-0.3, -0.25) is 0 Å². The van der Waals surface area contributed by atoms with Crippen molar-refractivity contribution >= 4 is 11.7 Å². The highest BCUT2D eigenvalue weighted by atomic mass is 16.5. The van der Waals surface area contributed by atoms with Gasteiger partial charge in [0.05, 0.1) is 5.56 Å². The molecule has 0 unspecified atom stereocenters. The molecule has 0 aliphatic heterocycles. The fourth-order valence-corrected chi connectivity index (χ4v) is 1.96. The number of nitrogen functional groups attached to an aromatic ring is 1. The summed E-state index contributed by atoms with van der Waals surface area (Å²) in [5.74, 6) is 0.153. The fraction of sp³-hybridized carbons (Fsp3) is 0.235. The Morgan fingerprint density at radius 3 is 2.10 bits per heavy atom. The third-order valence-electron chi connectivity index (χ3n) is 3.21. The van der Waals surface area contributed by atoms with E-state index in [4.69, 9.17) is 15.6 Å². The van der Waals surface area contributed by atoms with E-state index in [1.807, 2.05) is 24.3 Å². The van der Waals surface area contributed by atoms with Crippen molar-refractivity contribution in [3.63, 3.8) is 0 Å². The predicted molar refractivity (Wildman–Crippen MR) is 83.0 cm³/mol. The molecule has 110 valence electrons. The van der Waals surface area contributed by atoms with Gasteiger partial charge < -0.3 is 15.6 Å². The van der Waals surface area contributed by atoms with Crippen LogP contribution in [0.3, 0.4) is 0 Å². The van der Waals surface area contributed by atoms with E-state index >= 15 is 0 Å². The lowest BCUT2D eigenvalue weighted by Crippen LogP contribution is -2.10. The van der Waals surface area contributed by atoms with Crippen LogP contribution in [0.5, 0.6) is 11.5 Å². The van der Waals surface area contributed by atoms with Gasteiger partial charge in [-0.05, 0) is 35.2 Å². The van der Waals surface area contributed by atoms with Gasteiger partial charge >= 0.3 is 5.97 Å². The molecule has 2 aromatic carbocycles. The molecular weight excluding hydrogens is 266 g/mol. The zero-order chi connectivity index (χ0) is 15.6. The third-order valence-corrected chi connectivity index (χ3v) is 3.21. The Hall–Kier alpha value is -2.49. The molecule has 2 aromatic rings. The van der Waals surface area contributed by atoms with Crippen LogP contribution in [0.15, 0.2) is 42.5 Å². The van der Waals surface area contributed by atoms with E-state index in [0.29, 0.717) is 11.5 Å². The van der Waals surface area contributed by atoms with Crippen molar-refractivity contribution in [1.29, 1.82) is 0 Å². The van der Waals surface area contributed by atoms with Gasteiger partial charge in [0.1, 0.15) is 11.5 Å². The van der Waals surface area contributed by atoms with E-state index in [2.05, 4.69) is 20.8 Å². The summed E-state index contributed by atoms with van der Waals surface area (Å²) in [5.41, 5.74) is 7.26. The van der Waals surface area contributed by atoms with Crippen LogP contribution in [0.4, 0.5) is 5.69 Å². The molecule has 0 radical (unpaired) electrons. The molecule has 4 heteroatoms. The van der Waals surface area contributed by atoms with Gasteiger partial charge in [0.25, 0.3) is 0 Å². The average molecular weight is 285 g/mol.